The van der Waals surface area contributed by atoms with Gasteiger partial charge in [0.25, 0.3) is 0 Å². The number of furan rings is 1. The maximum absolute atomic E-state index is 13.8. The number of Topliss-reactive ketones (excluding diaryl/α,β-unsaturated/α-hetero) is 1. The lowest BCUT2D eigenvalue weighted by Crippen LogP contribution is -2.67. The molecule has 0 aromatic carbocycles. The molecule has 0 amide bonds. The third-order valence-electron chi connectivity index (χ3n) is 10.3. The quantitative estimate of drug-likeness (QED) is 0.490. The second kappa shape index (κ2) is 6.84. The van der Waals surface area contributed by atoms with Crippen LogP contribution in [0.25, 0.3) is 0 Å². The zero-order valence-electron chi connectivity index (χ0n) is 20.4. The highest BCUT2D eigenvalue weighted by molar-refractivity contribution is 5.92. The van der Waals surface area contributed by atoms with Crippen LogP contribution < -0.4 is 0 Å². The van der Waals surface area contributed by atoms with Crippen molar-refractivity contribution in [3.63, 3.8) is 0 Å². The number of hydrogen-bond acceptors (Lipinski definition) is 7. The zero-order valence-corrected chi connectivity index (χ0v) is 20.4. The van der Waals surface area contributed by atoms with E-state index in [-0.39, 0.29) is 48.0 Å². The molecule has 2 unspecified atom stereocenters. The van der Waals surface area contributed by atoms with Crippen molar-refractivity contribution in [1.82, 2.24) is 0 Å². The van der Waals surface area contributed by atoms with Gasteiger partial charge in [0.05, 0.1) is 37.6 Å². The number of hydrogen-bond donors (Lipinski definition) is 0. The van der Waals surface area contributed by atoms with Crippen LogP contribution in [-0.2, 0) is 28.6 Å². The number of fused-ring (bicyclic) bond motifs is 4. The lowest BCUT2D eigenvalue weighted by molar-refractivity contribution is -0.197. The molecule has 1 aromatic rings. The number of methoxy groups -OCH3 is 1. The highest BCUT2D eigenvalue weighted by atomic mass is 16.6. The molecule has 2 saturated heterocycles. The average Bonchev–Trinajstić information content (AvgIpc) is 3.54. The molecular weight excluding hydrogens is 436 g/mol. The minimum absolute atomic E-state index is 0.0997. The summed E-state index contributed by atoms with van der Waals surface area (Å²) in [7, 11) is 1.38. The highest BCUT2D eigenvalue weighted by Crippen LogP contribution is 2.72. The third kappa shape index (κ3) is 2.39. The third-order valence-corrected chi connectivity index (χ3v) is 10.3. The van der Waals surface area contributed by atoms with Gasteiger partial charge in [-0.1, -0.05) is 19.4 Å². The van der Waals surface area contributed by atoms with Gasteiger partial charge in [0, 0.05) is 29.1 Å². The van der Waals surface area contributed by atoms with E-state index in [0.29, 0.717) is 12.8 Å². The maximum Gasteiger partial charge on any atom is 0.312 e. The van der Waals surface area contributed by atoms with E-state index in [4.69, 9.17) is 18.6 Å². The molecule has 6 rings (SSSR count). The van der Waals surface area contributed by atoms with Crippen molar-refractivity contribution in [2.45, 2.75) is 77.6 Å². The van der Waals surface area contributed by atoms with Gasteiger partial charge in [0.2, 0.25) is 0 Å². The van der Waals surface area contributed by atoms with Gasteiger partial charge >= 0.3 is 11.9 Å². The molecule has 3 heterocycles. The van der Waals surface area contributed by atoms with E-state index < -0.39 is 28.5 Å². The summed E-state index contributed by atoms with van der Waals surface area (Å²) in [5.74, 6) is -1.02. The summed E-state index contributed by atoms with van der Waals surface area (Å²) in [6.45, 7) is 8.14. The van der Waals surface area contributed by atoms with Crippen LogP contribution in [0.2, 0.25) is 0 Å². The van der Waals surface area contributed by atoms with Crippen molar-refractivity contribution in [3.05, 3.63) is 35.3 Å². The summed E-state index contributed by atoms with van der Waals surface area (Å²) in [5, 5.41) is 0. The number of allylic oxidation sites excluding steroid dienone is 1. The van der Waals surface area contributed by atoms with E-state index in [0.717, 1.165) is 17.6 Å². The van der Waals surface area contributed by atoms with E-state index in [2.05, 4.69) is 13.8 Å². The van der Waals surface area contributed by atoms with Crippen LogP contribution in [-0.4, -0.2) is 43.1 Å². The molecule has 0 bridgehead atoms. The van der Waals surface area contributed by atoms with Gasteiger partial charge in [-0.3, -0.25) is 14.4 Å². The minimum Gasteiger partial charge on any atom is -0.472 e. The Hall–Kier alpha value is -2.41. The van der Waals surface area contributed by atoms with Crippen molar-refractivity contribution in [3.8, 4) is 0 Å². The van der Waals surface area contributed by atoms with E-state index in [1.165, 1.54) is 12.7 Å². The van der Waals surface area contributed by atoms with E-state index in [1.807, 2.05) is 19.9 Å². The van der Waals surface area contributed by atoms with E-state index >= 15 is 0 Å². The number of rotatable bonds is 3. The van der Waals surface area contributed by atoms with Gasteiger partial charge in [-0.25, -0.2) is 0 Å². The summed E-state index contributed by atoms with van der Waals surface area (Å²) in [6.07, 6.45) is 4.04. The number of esters is 2. The first kappa shape index (κ1) is 22.1. The first-order valence-corrected chi connectivity index (χ1v) is 12.3. The van der Waals surface area contributed by atoms with Crippen molar-refractivity contribution in [1.29, 1.82) is 0 Å². The number of carbonyl (C=O) groups is 3. The molecule has 7 nitrogen and oxygen atoms in total. The average molecular weight is 469 g/mol. The molecule has 2 aliphatic heterocycles. The zero-order chi connectivity index (χ0) is 24.2. The summed E-state index contributed by atoms with van der Waals surface area (Å²) in [5.41, 5.74) is 1.15. The number of carbonyl (C=O) groups excluding carboxylic acids is 3. The van der Waals surface area contributed by atoms with Crippen LogP contribution in [0.15, 0.2) is 34.2 Å². The Morgan fingerprint density at radius 1 is 1.21 bits per heavy atom. The van der Waals surface area contributed by atoms with Crippen LogP contribution in [0.1, 0.15) is 64.9 Å². The summed E-state index contributed by atoms with van der Waals surface area (Å²) in [4.78, 5) is 39.8. The summed E-state index contributed by atoms with van der Waals surface area (Å²) >= 11 is 0. The van der Waals surface area contributed by atoms with Gasteiger partial charge in [0.1, 0.15) is 18.0 Å². The van der Waals surface area contributed by atoms with E-state index in [1.54, 1.807) is 12.5 Å². The Kier molecular flexibility index (Phi) is 4.44. The lowest BCUT2D eigenvalue weighted by atomic mass is 9.40. The fourth-order valence-electron chi connectivity index (χ4n) is 8.82. The SMILES string of the molecule is COC(=O)C[C@H]1[C@]2(C)C3=C(C)[C@H](c4ccoc4)C[C@@H]3O[C@@H]2C2OC(=O)[C@]3(C)CCC(=O)[C@@]1(C)C23. The molecule has 0 N–H and O–H groups in total. The maximum atomic E-state index is 13.8. The molecule has 5 aliphatic rings. The number of ketones is 1. The molecule has 2 saturated carbocycles. The molecular formula is C27H32O7. The minimum atomic E-state index is -0.900. The topological polar surface area (TPSA) is 92.0 Å². The first-order chi connectivity index (χ1) is 16.1. The predicted octanol–water partition coefficient (Wildman–Crippen LogP) is 3.97. The first-order valence-electron chi connectivity index (χ1n) is 12.3. The smallest absolute Gasteiger partial charge is 0.312 e. The molecule has 0 radical (unpaired) electrons. The van der Waals surface area contributed by atoms with Gasteiger partial charge in [-0.2, -0.15) is 0 Å². The van der Waals surface area contributed by atoms with Crippen LogP contribution in [0.3, 0.4) is 0 Å². The summed E-state index contributed by atoms with van der Waals surface area (Å²) in [6, 6.07) is 1.98. The van der Waals surface area contributed by atoms with E-state index in [9.17, 15) is 14.4 Å². The van der Waals surface area contributed by atoms with Crippen LogP contribution in [0.5, 0.6) is 0 Å². The molecule has 4 fully saturated rings. The Morgan fingerprint density at radius 2 is 1.97 bits per heavy atom. The Balaban J connectivity index is 1.56. The van der Waals surface area contributed by atoms with Gasteiger partial charge in [-0.15, -0.1) is 0 Å². The van der Waals surface area contributed by atoms with Crippen LogP contribution in [0.4, 0.5) is 0 Å². The standard InChI is InChI=1S/C27H32O7/c1-13-15(14-7-9-32-12-14)10-16-20(13)27(4)17(11-19(29)31-5)26(3)18(28)6-8-25(2)22(26)21(23(27)33-16)34-24(25)30/h7,9,12,15-17,21-23H,6,8,10-11H2,1-5H3/t15-,16+,17-,21?,22?,23-,25-,26+,27-/m1/s1. The highest BCUT2D eigenvalue weighted by Gasteiger charge is 2.78. The fourth-order valence-corrected chi connectivity index (χ4v) is 8.82. The molecule has 7 heteroatoms. The molecule has 9 atom stereocenters. The van der Waals surface area contributed by atoms with Crippen molar-refractivity contribution in [2.75, 3.05) is 7.11 Å². The molecule has 1 aromatic heterocycles. The molecule has 3 aliphatic carbocycles. The van der Waals surface area contributed by atoms with Gasteiger partial charge in [0.15, 0.2) is 0 Å². The van der Waals surface area contributed by atoms with Crippen molar-refractivity contribution < 1.29 is 33.0 Å². The monoisotopic (exact) mass is 468 g/mol. The lowest BCUT2D eigenvalue weighted by Gasteiger charge is -2.60. The normalized spacial score (nSPS) is 46.7. The van der Waals surface area contributed by atoms with Crippen molar-refractivity contribution in [2.24, 2.45) is 28.1 Å². The Morgan fingerprint density at radius 3 is 2.65 bits per heavy atom. The molecule has 0 spiro atoms. The van der Waals surface area contributed by atoms with Crippen LogP contribution in [0, 0.1) is 28.1 Å². The van der Waals surface area contributed by atoms with Gasteiger partial charge in [-0.05, 0) is 49.8 Å². The molecule has 182 valence electrons. The van der Waals surface area contributed by atoms with Crippen LogP contribution >= 0.6 is 0 Å². The second-order valence-electron chi connectivity index (χ2n) is 11.6. The fraction of sp³-hybridized carbons (Fsp3) is 0.667. The summed E-state index contributed by atoms with van der Waals surface area (Å²) < 4.78 is 23.3. The van der Waals surface area contributed by atoms with Crippen molar-refractivity contribution >= 4 is 17.7 Å². The Bertz CT molecular complexity index is 1120. The van der Waals surface area contributed by atoms with Gasteiger partial charge < -0.3 is 18.6 Å². The molecule has 34 heavy (non-hydrogen) atoms. The second-order valence-corrected chi connectivity index (χ2v) is 11.6. The predicted molar refractivity (Wildman–Crippen MR) is 119 cm³/mol. The number of ether oxygens (including phenoxy) is 3. The Labute approximate surface area is 199 Å². The largest absolute Gasteiger partial charge is 0.472 e.